The van der Waals surface area contributed by atoms with Gasteiger partial charge in [-0.05, 0) is 52.6 Å². The first-order valence-corrected chi connectivity index (χ1v) is 11.5. The zero-order valence-electron chi connectivity index (χ0n) is 19.9. The van der Waals surface area contributed by atoms with Crippen LogP contribution in [0.3, 0.4) is 0 Å². The number of carboxylic acid groups (broad SMARTS) is 1. The summed E-state index contributed by atoms with van der Waals surface area (Å²) in [5.74, 6) is -4.81. The minimum Gasteiger partial charge on any atom is -0.478 e. The van der Waals surface area contributed by atoms with Gasteiger partial charge in [0.05, 0.1) is 11.3 Å². The number of nitrogens with zero attached hydrogens (tertiary/aromatic N) is 1. The average molecular weight is 550 g/mol. The third kappa shape index (κ3) is 4.39. The summed E-state index contributed by atoms with van der Waals surface area (Å²) in [4.78, 5) is 24.3. The minimum atomic E-state index is -5.17. The summed E-state index contributed by atoms with van der Waals surface area (Å²) in [6, 6.07) is 10.7. The van der Waals surface area contributed by atoms with Gasteiger partial charge in [-0.15, -0.1) is 0 Å². The topological polar surface area (TPSA) is 87.1 Å². The molecular formula is C27H20ClF4NO5. The van der Waals surface area contributed by atoms with Crippen LogP contribution in [0, 0.1) is 5.82 Å². The number of likely N-dealkylation sites (N-methyl/N-ethyl adjacent to an activating group) is 1. The number of carbonyl (C=O) groups excluding carboxylic acids is 1. The summed E-state index contributed by atoms with van der Waals surface area (Å²) in [5, 5.41) is 20.1. The first-order chi connectivity index (χ1) is 17.7. The van der Waals surface area contributed by atoms with E-state index in [2.05, 4.69) is 6.58 Å². The van der Waals surface area contributed by atoms with Gasteiger partial charge in [0.15, 0.2) is 17.1 Å². The number of anilines is 1. The Morgan fingerprint density at radius 3 is 2.29 bits per heavy atom. The van der Waals surface area contributed by atoms with E-state index in [1.807, 2.05) is 0 Å². The fraction of sp³-hybridized carbons (Fsp3) is 0.185. The van der Waals surface area contributed by atoms with Crippen molar-refractivity contribution in [3.05, 3.63) is 94.5 Å². The molecule has 2 atom stereocenters. The van der Waals surface area contributed by atoms with Crippen molar-refractivity contribution >= 4 is 29.2 Å². The molecule has 1 aliphatic rings. The molecule has 0 unspecified atom stereocenters. The molecular weight excluding hydrogens is 530 g/mol. The molecule has 0 saturated carbocycles. The monoisotopic (exact) mass is 549 g/mol. The highest BCUT2D eigenvalue weighted by atomic mass is 35.5. The summed E-state index contributed by atoms with van der Waals surface area (Å²) in [5.41, 5.74) is -3.97. The Hall–Kier alpha value is -3.89. The fourth-order valence-electron chi connectivity index (χ4n) is 4.39. The number of ether oxygens (including phenoxy) is 1. The van der Waals surface area contributed by atoms with Gasteiger partial charge >= 0.3 is 12.1 Å². The number of hydrogen-bond acceptors (Lipinski definition) is 4. The summed E-state index contributed by atoms with van der Waals surface area (Å²) < 4.78 is 63.0. The van der Waals surface area contributed by atoms with Crippen molar-refractivity contribution < 1.29 is 42.1 Å². The predicted molar refractivity (Wildman–Crippen MR) is 132 cm³/mol. The van der Waals surface area contributed by atoms with Gasteiger partial charge in [0.2, 0.25) is 0 Å². The first-order valence-electron chi connectivity index (χ1n) is 11.1. The van der Waals surface area contributed by atoms with Gasteiger partial charge in [-0.2, -0.15) is 13.2 Å². The second-order valence-electron chi connectivity index (χ2n) is 8.79. The lowest BCUT2D eigenvalue weighted by Gasteiger charge is -2.38. The maximum atomic E-state index is 14.5. The van der Waals surface area contributed by atoms with Crippen molar-refractivity contribution in [2.24, 2.45) is 0 Å². The quantitative estimate of drug-likeness (QED) is 0.289. The Balaban J connectivity index is 1.77. The lowest BCUT2D eigenvalue weighted by molar-refractivity contribution is -0.274. The van der Waals surface area contributed by atoms with Crippen LogP contribution >= 0.6 is 11.6 Å². The molecule has 0 spiro atoms. The summed E-state index contributed by atoms with van der Waals surface area (Å²) in [6.07, 6.45) is -5.17. The number of halogens is 5. The fourth-order valence-corrected chi connectivity index (χ4v) is 4.73. The maximum absolute atomic E-state index is 14.5. The Morgan fingerprint density at radius 1 is 1.08 bits per heavy atom. The Labute approximate surface area is 219 Å². The van der Waals surface area contributed by atoms with E-state index >= 15 is 0 Å². The van der Waals surface area contributed by atoms with Gasteiger partial charge < -0.3 is 19.8 Å². The summed E-state index contributed by atoms with van der Waals surface area (Å²) in [7, 11) is 1.34. The number of carbonyl (C=O) groups is 2. The molecule has 38 heavy (non-hydrogen) atoms. The number of aliphatic hydroxyl groups is 1. The summed E-state index contributed by atoms with van der Waals surface area (Å²) in [6.45, 7) is 4.63. The number of fused-ring (bicyclic) bond motifs is 1. The first kappa shape index (κ1) is 27.2. The highest BCUT2D eigenvalue weighted by Gasteiger charge is 2.59. The van der Waals surface area contributed by atoms with Gasteiger partial charge in [0.1, 0.15) is 5.82 Å². The van der Waals surface area contributed by atoms with Crippen molar-refractivity contribution in [3.63, 3.8) is 0 Å². The molecule has 0 bridgehead atoms. The molecule has 0 aliphatic carbocycles. The van der Waals surface area contributed by atoms with E-state index in [-0.39, 0.29) is 33.3 Å². The van der Waals surface area contributed by atoms with Crippen LogP contribution in [0.15, 0.2) is 66.9 Å². The lowest BCUT2D eigenvalue weighted by atomic mass is 9.77. The number of hydrogen-bond donors (Lipinski definition) is 2. The molecule has 4 rings (SSSR count). The van der Waals surface area contributed by atoms with Crippen LogP contribution in [0.4, 0.5) is 23.2 Å². The molecule has 11 heteroatoms. The SMILES string of the molecule is C=C1Oc2ccc([C@](O)([C@H](C)c3ccc(-c4ccc(C(=O)O)c(F)c4)cc3Cl)C(F)(F)F)cc2N(C)C1=O. The smallest absolute Gasteiger partial charge is 0.422 e. The summed E-state index contributed by atoms with van der Waals surface area (Å²) >= 11 is 6.36. The van der Waals surface area contributed by atoms with Crippen molar-refractivity contribution in [2.75, 3.05) is 11.9 Å². The average Bonchev–Trinajstić information content (AvgIpc) is 2.85. The zero-order valence-corrected chi connectivity index (χ0v) is 20.7. The molecule has 198 valence electrons. The highest BCUT2D eigenvalue weighted by molar-refractivity contribution is 6.31. The van der Waals surface area contributed by atoms with Gasteiger partial charge in [0, 0.05) is 18.0 Å². The Kier molecular flexibility index (Phi) is 6.75. The molecule has 0 fully saturated rings. The van der Waals surface area contributed by atoms with Crippen LogP contribution in [-0.2, 0) is 10.4 Å². The lowest BCUT2D eigenvalue weighted by Crippen LogP contribution is -2.47. The molecule has 3 aromatic carbocycles. The molecule has 0 saturated heterocycles. The number of aromatic carboxylic acids is 1. The number of carboxylic acids is 1. The second-order valence-corrected chi connectivity index (χ2v) is 9.20. The van der Waals surface area contributed by atoms with Crippen LogP contribution in [0.1, 0.15) is 34.3 Å². The number of alkyl halides is 3. The zero-order chi connectivity index (χ0) is 28.2. The number of rotatable bonds is 5. The largest absolute Gasteiger partial charge is 0.478 e. The van der Waals surface area contributed by atoms with Crippen LogP contribution < -0.4 is 9.64 Å². The van der Waals surface area contributed by atoms with Crippen molar-refractivity contribution in [1.82, 2.24) is 0 Å². The van der Waals surface area contributed by atoms with E-state index in [1.54, 1.807) is 0 Å². The van der Waals surface area contributed by atoms with Gasteiger partial charge in [-0.1, -0.05) is 49.4 Å². The molecule has 0 radical (unpaired) electrons. The molecule has 1 heterocycles. The molecule has 1 amide bonds. The molecule has 6 nitrogen and oxygen atoms in total. The molecule has 0 aromatic heterocycles. The Bertz CT molecular complexity index is 1490. The van der Waals surface area contributed by atoms with Crippen LogP contribution in [-0.4, -0.2) is 35.3 Å². The van der Waals surface area contributed by atoms with E-state index in [9.17, 15) is 32.3 Å². The minimum absolute atomic E-state index is 0.0167. The molecule has 3 aromatic rings. The van der Waals surface area contributed by atoms with Crippen molar-refractivity contribution in [3.8, 4) is 16.9 Å². The predicted octanol–water partition coefficient (Wildman–Crippen LogP) is 6.27. The Morgan fingerprint density at radius 2 is 1.71 bits per heavy atom. The van der Waals surface area contributed by atoms with Gasteiger partial charge in [0.25, 0.3) is 5.91 Å². The van der Waals surface area contributed by atoms with Crippen molar-refractivity contribution in [2.45, 2.75) is 24.6 Å². The molecule has 1 aliphatic heterocycles. The normalized spacial score (nSPS) is 15.9. The third-order valence-electron chi connectivity index (χ3n) is 6.60. The van der Waals surface area contributed by atoms with Crippen molar-refractivity contribution in [1.29, 1.82) is 0 Å². The number of benzene rings is 3. The maximum Gasteiger partial charge on any atom is 0.422 e. The standard InChI is InChI=1S/C27H20ClF4NO5/c1-13(18-7-4-15(10-20(18)28)16-5-8-19(25(35)36)21(29)11-16)26(37,27(30,31)32)17-6-9-23-22(12-17)33(3)24(34)14(2)38-23/h4-13,37H,2H2,1,3H3,(H,35,36)/t13-,26-/m1/s1. The third-order valence-corrected chi connectivity index (χ3v) is 6.92. The van der Waals surface area contributed by atoms with E-state index in [4.69, 9.17) is 21.4 Å². The molecule has 2 N–H and O–H groups in total. The van der Waals surface area contributed by atoms with Crippen LogP contribution in [0.25, 0.3) is 11.1 Å². The second kappa shape index (κ2) is 9.45. The van der Waals surface area contributed by atoms with E-state index in [0.717, 1.165) is 36.1 Å². The van der Waals surface area contributed by atoms with Crippen LogP contribution in [0.2, 0.25) is 5.02 Å². The van der Waals surface area contributed by atoms with E-state index < -0.39 is 46.5 Å². The van der Waals surface area contributed by atoms with Crippen LogP contribution in [0.5, 0.6) is 5.75 Å². The van der Waals surface area contributed by atoms with Gasteiger partial charge in [-0.3, -0.25) is 4.79 Å². The van der Waals surface area contributed by atoms with E-state index in [0.29, 0.717) is 5.56 Å². The number of amides is 1. The van der Waals surface area contributed by atoms with E-state index in [1.165, 1.54) is 37.4 Å². The highest BCUT2D eigenvalue weighted by Crippen LogP contribution is 2.51. The van der Waals surface area contributed by atoms with Gasteiger partial charge in [-0.25, -0.2) is 9.18 Å².